The van der Waals surface area contributed by atoms with Gasteiger partial charge in [0.2, 0.25) is 5.91 Å². The first kappa shape index (κ1) is 18.0. The molecule has 0 aromatic heterocycles. The molecule has 0 aromatic carbocycles. The fourth-order valence-electron chi connectivity index (χ4n) is 3.41. The number of rotatable bonds is 4. The number of piperidine rings is 1. The molecular formula is C13H20N4O7S. The molecule has 3 N–H and O–H groups in total. The Morgan fingerprint density at radius 3 is 2.44 bits per heavy atom. The molecule has 0 aromatic rings. The lowest BCUT2D eigenvalue weighted by atomic mass is 10.00. The normalized spacial score (nSPS) is 30.4. The zero-order valence-corrected chi connectivity index (χ0v) is 14.6. The van der Waals surface area contributed by atoms with E-state index in [4.69, 9.17) is 10.4 Å². The molecule has 1 unspecified atom stereocenters. The fraction of sp³-hybridized carbons (Fsp3) is 0.769. The van der Waals surface area contributed by atoms with E-state index in [2.05, 4.69) is 4.28 Å². The number of urea groups is 1. The highest BCUT2D eigenvalue weighted by atomic mass is 32.3. The second-order valence-corrected chi connectivity index (χ2v) is 8.31. The van der Waals surface area contributed by atoms with E-state index in [1.165, 1.54) is 0 Å². The molecule has 11 nitrogen and oxygen atoms in total. The van der Waals surface area contributed by atoms with E-state index < -0.39 is 40.3 Å². The summed E-state index contributed by atoms with van der Waals surface area (Å²) in [4.78, 5) is 38.2. The van der Waals surface area contributed by atoms with Gasteiger partial charge in [-0.3, -0.25) is 14.1 Å². The maximum absolute atomic E-state index is 12.6. The van der Waals surface area contributed by atoms with Gasteiger partial charge in [0.1, 0.15) is 6.04 Å². The van der Waals surface area contributed by atoms with Crippen molar-refractivity contribution in [2.45, 2.75) is 45.2 Å². The van der Waals surface area contributed by atoms with Crippen LogP contribution < -0.4 is 5.84 Å². The molecule has 2 heterocycles. The Morgan fingerprint density at radius 1 is 1.32 bits per heavy atom. The molecule has 3 atom stereocenters. The fourth-order valence-corrected chi connectivity index (χ4v) is 3.80. The summed E-state index contributed by atoms with van der Waals surface area (Å²) >= 11 is 0. The molecular weight excluding hydrogens is 356 g/mol. The number of fused-ring (bicyclic) bond motifs is 2. The Morgan fingerprint density at radius 2 is 1.92 bits per heavy atom. The highest BCUT2D eigenvalue weighted by Gasteiger charge is 2.55. The van der Waals surface area contributed by atoms with Crippen molar-refractivity contribution in [1.82, 2.24) is 15.0 Å². The first-order chi connectivity index (χ1) is 11.4. The van der Waals surface area contributed by atoms with Crippen molar-refractivity contribution in [1.29, 1.82) is 0 Å². The van der Waals surface area contributed by atoms with Gasteiger partial charge in [0, 0.05) is 12.5 Å². The molecule has 3 fully saturated rings. The Labute approximate surface area is 144 Å². The molecule has 1 saturated carbocycles. The lowest BCUT2D eigenvalue weighted by molar-refractivity contribution is -0.149. The summed E-state index contributed by atoms with van der Waals surface area (Å²) in [6.07, 6.45) is 1.11. The molecule has 3 rings (SSSR count). The molecule has 25 heavy (non-hydrogen) atoms. The summed E-state index contributed by atoms with van der Waals surface area (Å²) in [5, 5.41) is 1.10. The summed E-state index contributed by atoms with van der Waals surface area (Å²) in [7, 11) is -4.86. The highest BCUT2D eigenvalue weighted by molar-refractivity contribution is 7.80. The SMILES string of the molecule is CC1(C)CC1C(=O)N(N)C(=O)[C@@H]1CC[C@@H]2CN1C(=O)N2OS(=O)(=O)O. The number of nitrogens with two attached hydrogens (primary N) is 1. The summed E-state index contributed by atoms with van der Waals surface area (Å²) in [5.74, 6) is 4.15. The number of amides is 4. The van der Waals surface area contributed by atoms with Crippen LogP contribution in [0.5, 0.6) is 0 Å². The molecule has 2 saturated heterocycles. The third-order valence-corrected chi connectivity index (χ3v) is 5.42. The predicted octanol–water partition coefficient (Wildman–Crippen LogP) is -0.736. The van der Waals surface area contributed by atoms with Crippen LogP contribution in [0.1, 0.15) is 33.1 Å². The summed E-state index contributed by atoms with van der Waals surface area (Å²) in [6.45, 7) is 3.84. The van der Waals surface area contributed by atoms with Crippen LogP contribution in [0.25, 0.3) is 0 Å². The molecule has 4 amide bonds. The van der Waals surface area contributed by atoms with Gasteiger partial charge in [-0.2, -0.15) is 13.5 Å². The van der Waals surface area contributed by atoms with Crippen LogP contribution >= 0.6 is 0 Å². The first-order valence-electron chi connectivity index (χ1n) is 7.82. The Bertz CT molecular complexity index is 737. The van der Waals surface area contributed by atoms with Crippen LogP contribution in [0.4, 0.5) is 4.79 Å². The average Bonchev–Trinajstić information content (AvgIpc) is 3.10. The molecule has 12 heteroatoms. The number of hydrogen-bond donors (Lipinski definition) is 2. The number of hydrazine groups is 1. The van der Waals surface area contributed by atoms with Crippen molar-refractivity contribution < 1.29 is 31.6 Å². The maximum Gasteiger partial charge on any atom is 0.418 e. The maximum atomic E-state index is 12.6. The molecule has 2 bridgehead atoms. The van der Waals surface area contributed by atoms with E-state index in [-0.39, 0.29) is 30.7 Å². The van der Waals surface area contributed by atoms with Gasteiger partial charge in [0.15, 0.2) is 0 Å². The number of carbonyl (C=O) groups excluding carboxylic acids is 3. The topological polar surface area (TPSA) is 151 Å². The Balaban J connectivity index is 1.71. The molecule has 140 valence electrons. The van der Waals surface area contributed by atoms with Crippen molar-refractivity contribution in [2.24, 2.45) is 17.2 Å². The van der Waals surface area contributed by atoms with Gasteiger partial charge in [-0.05, 0) is 24.7 Å². The van der Waals surface area contributed by atoms with Crippen LogP contribution in [0, 0.1) is 11.3 Å². The van der Waals surface area contributed by atoms with Gasteiger partial charge in [-0.25, -0.2) is 15.6 Å². The van der Waals surface area contributed by atoms with Crippen LogP contribution in [-0.4, -0.2) is 64.4 Å². The van der Waals surface area contributed by atoms with Crippen molar-refractivity contribution in [2.75, 3.05) is 6.54 Å². The zero-order valence-electron chi connectivity index (χ0n) is 13.8. The van der Waals surface area contributed by atoms with Gasteiger partial charge >= 0.3 is 16.4 Å². The summed E-state index contributed by atoms with van der Waals surface area (Å²) in [5.41, 5.74) is -0.198. The lowest BCUT2D eigenvalue weighted by Crippen LogP contribution is -2.55. The molecule has 0 spiro atoms. The van der Waals surface area contributed by atoms with Crippen molar-refractivity contribution >= 4 is 28.2 Å². The molecule has 1 aliphatic carbocycles. The van der Waals surface area contributed by atoms with Gasteiger partial charge in [-0.15, -0.1) is 4.28 Å². The second kappa shape index (κ2) is 5.62. The minimum absolute atomic E-state index is 0.0434. The van der Waals surface area contributed by atoms with E-state index in [1.807, 2.05) is 13.8 Å². The first-order valence-corrected chi connectivity index (χ1v) is 9.18. The van der Waals surface area contributed by atoms with Crippen molar-refractivity contribution in [3.63, 3.8) is 0 Å². The van der Waals surface area contributed by atoms with E-state index >= 15 is 0 Å². The van der Waals surface area contributed by atoms with Gasteiger partial charge in [0.25, 0.3) is 5.91 Å². The quantitative estimate of drug-likeness (QED) is 0.214. The second-order valence-electron chi connectivity index (χ2n) is 7.30. The van der Waals surface area contributed by atoms with Crippen LogP contribution in [0.15, 0.2) is 0 Å². The third kappa shape index (κ3) is 3.21. The number of carbonyl (C=O) groups is 3. The summed E-state index contributed by atoms with van der Waals surface area (Å²) < 4.78 is 34.8. The minimum atomic E-state index is -4.86. The van der Waals surface area contributed by atoms with E-state index in [9.17, 15) is 22.8 Å². The zero-order chi connectivity index (χ0) is 18.7. The number of hydroxylamine groups is 2. The highest BCUT2D eigenvalue weighted by Crippen LogP contribution is 2.52. The third-order valence-electron chi connectivity index (χ3n) is 5.07. The monoisotopic (exact) mass is 376 g/mol. The Hall–Kier alpha value is -1.76. The van der Waals surface area contributed by atoms with Crippen LogP contribution in [0.3, 0.4) is 0 Å². The van der Waals surface area contributed by atoms with Crippen LogP contribution in [-0.2, 0) is 24.3 Å². The van der Waals surface area contributed by atoms with Crippen LogP contribution in [0.2, 0.25) is 0 Å². The number of imide groups is 1. The van der Waals surface area contributed by atoms with Crippen molar-refractivity contribution in [3.8, 4) is 0 Å². The van der Waals surface area contributed by atoms with Gasteiger partial charge in [0.05, 0.1) is 6.04 Å². The molecule has 0 radical (unpaired) electrons. The number of hydrogen-bond acceptors (Lipinski definition) is 7. The number of nitrogens with zero attached hydrogens (tertiary/aromatic N) is 3. The van der Waals surface area contributed by atoms with E-state index in [0.29, 0.717) is 16.5 Å². The van der Waals surface area contributed by atoms with Crippen molar-refractivity contribution in [3.05, 3.63) is 0 Å². The lowest BCUT2D eigenvalue weighted by Gasteiger charge is -2.31. The smallest absolute Gasteiger partial charge is 0.309 e. The largest absolute Gasteiger partial charge is 0.418 e. The molecule has 2 aliphatic heterocycles. The minimum Gasteiger partial charge on any atom is -0.309 e. The van der Waals surface area contributed by atoms with Gasteiger partial charge in [-0.1, -0.05) is 13.8 Å². The van der Waals surface area contributed by atoms with Gasteiger partial charge < -0.3 is 4.90 Å². The standard InChI is InChI=1S/C13H20N4O7S/c1-13(2)5-8(13)10(18)16(14)11(19)9-4-3-7-6-15(9)12(20)17(7)24-25(21,22)23/h7-9H,3-6,14H2,1-2H3,(H,21,22,23)/t7-,8?,9+/m1/s1. The van der Waals surface area contributed by atoms with E-state index in [1.54, 1.807) is 0 Å². The molecule has 3 aliphatic rings. The summed E-state index contributed by atoms with van der Waals surface area (Å²) in [6, 6.07) is -2.46. The average molecular weight is 376 g/mol. The van der Waals surface area contributed by atoms with E-state index in [0.717, 1.165) is 4.90 Å². The Kier molecular flexibility index (Phi) is 4.06. The predicted molar refractivity (Wildman–Crippen MR) is 81.3 cm³/mol.